The van der Waals surface area contributed by atoms with Crippen LogP contribution in [0.3, 0.4) is 0 Å². The highest BCUT2D eigenvalue weighted by atomic mass is 35.5. The van der Waals surface area contributed by atoms with Crippen LogP contribution in [0, 0.1) is 0 Å². The van der Waals surface area contributed by atoms with Crippen molar-refractivity contribution in [3.8, 4) is 5.75 Å². The van der Waals surface area contributed by atoms with Crippen molar-refractivity contribution in [2.75, 3.05) is 38.6 Å². The van der Waals surface area contributed by atoms with E-state index in [1.807, 2.05) is 23.1 Å². The van der Waals surface area contributed by atoms with Crippen LogP contribution in [-0.4, -0.2) is 49.1 Å². The number of fused-ring (bicyclic) bond motifs is 1. The Morgan fingerprint density at radius 2 is 1.37 bits per heavy atom. The molecule has 2 aliphatic rings. The number of ether oxygens (including phenoxy) is 1. The third kappa shape index (κ3) is 6.69. The molecule has 0 unspecified atom stereocenters. The van der Waals surface area contributed by atoms with Crippen molar-refractivity contribution in [2.45, 2.75) is 44.1 Å². The van der Waals surface area contributed by atoms with E-state index in [9.17, 15) is 4.79 Å². The number of urea groups is 1. The third-order valence-corrected chi connectivity index (χ3v) is 9.11. The second kappa shape index (κ2) is 12.5. The van der Waals surface area contributed by atoms with Crippen molar-refractivity contribution in [3.05, 3.63) is 107 Å². The summed E-state index contributed by atoms with van der Waals surface area (Å²) in [6.07, 6.45) is 4.30. The Morgan fingerprint density at radius 1 is 0.780 bits per heavy atom. The molecule has 1 N–H and O–H groups in total. The predicted octanol–water partition coefficient (Wildman–Crippen LogP) is 8.29. The SMILES string of the molecule is COc1ccc(C2CCN(Cc3ccc4cc(NC(=O)N5CCC(c6ccc(Cl)cc6)CC5)ccc4c3)CC2)cc1. The lowest BCUT2D eigenvalue weighted by atomic mass is 9.89. The number of rotatable bonds is 6. The maximum atomic E-state index is 13.0. The maximum Gasteiger partial charge on any atom is 0.321 e. The summed E-state index contributed by atoms with van der Waals surface area (Å²) in [7, 11) is 1.71. The first-order valence-electron chi connectivity index (χ1n) is 14.7. The Bertz CT molecular complexity index is 1470. The average Bonchev–Trinajstić information content (AvgIpc) is 3.02. The molecule has 2 heterocycles. The van der Waals surface area contributed by atoms with Crippen LogP contribution in [-0.2, 0) is 6.54 Å². The Hall–Kier alpha value is -3.54. The number of methoxy groups -OCH3 is 1. The van der Waals surface area contributed by atoms with Gasteiger partial charge in [-0.2, -0.15) is 0 Å². The van der Waals surface area contributed by atoms with E-state index < -0.39 is 0 Å². The molecule has 0 bridgehead atoms. The number of hydrogen-bond acceptors (Lipinski definition) is 3. The molecular weight excluding hydrogens is 530 g/mol. The normalized spacial score (nSPS) is 17.1. The molecule has 0 saturated carbocycles. The third-order valence-electron chi connectivity index (χ3n) is 8.86. The molecule has 4 aromatic rings. The standard InChI is InChI=1S/C35H38ClN3O2/c1-41-34-12-7-27(8-13-34)28-14-18-38(19-15-28)24-25-2-3-31-23-33(11-6-30(31)22-25)37-35(40)39-20-16-29(17-21-39)26-4-9-32(36)10-5-26/h2-13,22-23,28-29H,14-21,24H2,1H3,(H,37,40). The lowest BCUT2D eigenvalue weighted by molar-refractivity contribution is 0.194. The second-order valence-electron chi connectivity index (χ2n) is 11.5. The fraction of sp³-hybridized carbons (Fsp3) is 0.343. The molecule has 6 rings (SSSR count). The first-order valence-corrected chi connectivity index (χ1v) is 15.1. The van der Waals surface area contributed by atoms with Crippen LogP contribution >= 0.6 is 11.6 Å². The number of hydrogen-bond donors (Lipinski definition) is 1. The fourth-order valence-corrected chi connectivity index (χ4v) is 6.51. The number of amides is 2. The van der Waals surface area contributed by atoms with Gasteiger partial charge in [0.05, 0.1) is 7.11 Å². The van der Waals surface area contributed by atoms with Gasteiger partial charge in [0.1, 0.15) is 5.75 Å². The van der Waals surface area contributed by atoms with Crippen LogP contribution in [0.1, 0.15) is 54.2 Å². The van der Waals surface area contributed by atoms with E-state index in [1.165, 1.54) is 34.9 Å². The van der Waals surface area contributed by atoms with Crippen LogP contribution in [0.5, 0.6) is 5.75 Å². The molecule has 6 heteroatoms. The second-order valence-corrected chi connectivity index (χ2v) is 11.9. The highest BCUT2D eigenvalue weighted by Crippen LogP contribution is 2.31. The smallest absolute Gasteiger partial charge is 0.321 e. The van der Waals surface area contributed by atoms with Gasteiger partial charge in [0.15, 0.2) is 0 Å². The summed E-state index contributed by atoms with van der Waals surface area (Å²) >= 11 is 6.04. The van der Waals surface area contributed by atoms with E-state index in [4.69, 9.17) is 16.3 Å². The highest BCUT2D eigenvalue weighted by molar-refractivity contribution is 6.30. The highest BCUT2D eigenvalue weighted by Gasteiger charge is 2.24. The van der Waals surface area contributed by atoms with Gasteiger partial charge in [-0.3, -0.25) is 4.90 Å². The van der Waals surface area contributed by atoms with Crippen LogP contribution in [0.4, 0.5) is 10.5 Å². The van der Waals surface area contributed by atoms with Gasteiger partial charge in [-0.1, -0.05) is 54.1 Å². The number of benzene rings is 4. The minimum Gasteiger partial charge on any atom is -0.497 e. The van der Waals surface area contributed by atoms with Gasteiger partial charge in [0.2, 0.25) is 0 Å². The zero-order valence-electron chi connectivity index (χ0n) is 23.7. The number of halogens is 1. The number of nitrogens with zero attached hydrogens (tertiary/aromatic N) is 2. The Balaban J connectivity index is 1.00. The van der Waals surface area contributed by atoms with Gasteiger partial charge in [-0.15, -0.1) is 0 Å². The van der Waals surface area contributed by atoms with Crippen molar-refractivity contribution in [3.63, 3.8) is 0 Å². The number of likely N-dealkylation sites (tertiary alicyclic amines) is 2. The Kier molecular flexibility index (Phi) is 8.45. The summed E-state index contributed by atoms with van der Waals surface area (Å²) in [5, 5.41) is 6.24. The van der Waals surface area contributed by atoms with E-state index in [1.54, 1.807) is 7.11 Å². The molecule has 0 spiro atoms. The fourth-order valence-electron chi connectivity index (χ4n) is 6.38. The van der Waals surface area contributed by atoms with E-state index in [0.29, 0.717) is 11.8 Å². The first kappa shape index (κ1) is 27.6. The summed E-state index contributed by atoms with van der Waals surface area (Å²) in [4.78, 5) is 17.5. The van der Waals surface area contributed by atoms with E-state index in [0.717, 1.165) is 67.4 Å². The van der Waals surface area contributed by atoms with Gasteiger partial charge in [-0.05, 0) is 121 Å². The van der Waals surface area contributed by atoms with Crippen molar-refractivity contribution in [1.29, 1.82) is 0 Å². The molecule has 0 aliphatic carbocycles. The lowest BCUT2D eigenvalue weighted by Gasteiger charge is -2.32. The number of carbonyl (C=O) groups excluding carboxylic acids is 1. The number of piperidine rings is 2. The van der Waals surface area contributed by atoms with Gasteiger partial charge in [0, 0.05) is 30.3 Å². The zero-order chi connectivity index (χ0) is 28.2. The molecule has 0 aromatic heterocycles. The summed E-state index contributed by atoms with van der Waals surface area (Å²) in [5.74, 6) is 2.02. The van der Waals surface area contributed by atoms with Gasteiger partial charge in [-0.25, -0.2) is 4.79 Å². The zero-order valence-corrected chi connectivity index (χ0v) is 24.4. The lowest BCUT2D eigenvalue weighted by Crippen LogP contribution is -2.40. The van der Waals surface area contributed by atoms with Crippen LogP contribution < -0.4 is 10.1 Å². The molecule has 0 radical (unpaired) electrons. The Morgan fingerprint density at radius 3 is 2.02 bits per heavy atom. The van der Waals surface area contributed by atoms with Crippen molar-refractivity contribution >= 4 is 34.1 Å². The molecule has 212 valence electrons. The van der Waals surface area contributed by atoms with Gasteiger partial charge < -0.3 is 15.0 Å². The molecule has 2 amide bonds. The number of carbonyl (C=O) groups is 1. The van der Waals surface area contributed by atoms with Crippen molar-refractivity contribution < 1.29 is 9.53 Å². The molecule has 5 nitrogen and oxygen atoms in total. The molecule has 0 atom stereocenters. The summed E-state index contributed by atoms with van der Waals surface area (Å²) in [6.45, 7) is 4.70. The largest absolute Gasteiger partial charge is 0.497 e. The van der Waals surface area contributed by atoms with Crippen LogP contribution in [0.15, 0.2) is 84.9 Å². The monoisotopic (exact) mass is 567 g/mol. The molecular formula is C35H38ClN3O2. The van der Waals surface area contributed by atoms with Crippen LogP contribution in [0.2, 0.25) is 5.02 Å². The predicted molar refractivity (Wildman–Crippen MR) is 168 cm³/mol. The van der Waals surface area contributed by atoms with E-state index >= 15 is 0 Å². The van der Waals surface area contributed by atoms with Crippen molar-refractivity contribution in [1.82, 2.24) is 9.80 Å². The topological polar surface area (TPSA) is 44.8 Å². The first-order chi connectivity index (χ1) is 20.0. The van der Waals surface area contributed by atoms with Gasteiger partial charge >= 0.3 is 6.03 Å². The van der Waals surface area contributed by atoms with Crippen LogP contribution in [0.25, 0.3) is 10.8 Å². The molecule has 2 saturated heterocycles. The van der Waals surface area contributed by atoms with Crippen molar-refractivity contribution in [2.24, 2.45) is 0 Å². The van der Waals surface area contributed by atoms with E-state index in [-0.39, 0.29) is 6.03 Å². The minimum absolute atomic E-state index is 0.0198. The summed E-state index contributed by atoms with van der Waals surface area (Å²) < 4.78 is 5.31. The molecule has 2 aliphatic heterocycles. The summed E-state index contributed by atoms with van der Waals surface area (Å²) in [5.41, 5.74) is 4.90. The minimum atomic E-state index is -0.0198. The molecule has 4 aromatic carbocycles. The number of anilines is 1. The molecule has 41 heavy (non-hydrogen) atoms. The Labute approximate surface area is 248 Å². The number of nitrogens with one attached hydrogen (secondary N) is 1. The maximum absolute atomic E-state index is 13.0. The average molecular weight is 568 g/mol. The van der Waals surface area contributed by atoms with E-state index in [2.05, 4.69) is 76.9 Å². The quantitative estimate of drug-likeness (QED) is 0.255. The van der Waals surface area contributed by atoms with Gasteiger partial charge in [0.25, 0.3) is 0 Å². The molecule has 2 fully saturated rings. The summed E-state index contributed by atoms with van der Waals surface area (Å²) in [6, 6.07) is 29.6.